The molecule has 1 aliphatic heterocycles. The molecule has 1 N–H and O–H groups in total. The van der Waals surface area contributed by atoms with Gasteiger partial charge >= 0.3 is 0 Å². The monoisotopic (exact) mass is 494 g/mol. The van der Waals surface area contributed by atoms with Gasteiger partial charge < -0.3 is 14.8 Å². The first-order valence-corrected chi connectivity index (χ1v) is 12.6. The summed E-state index contributed by atoms with van der Waals surface area (Å²) in [6, 6.07) is 25.0. The van der Waals surface area contributed by atoms with E-state index in [0.29, 0.717) is 41.5 Å². The Morgan fingerprint density at radius 3 is 2.59 bits per heavy atom. The molecule has 0 spiro atoms. The maximum absolute atomic E-state index is 13.8. The average molecular weight is 495 g/mol. The number of rotatable bonds is 7. The van der Waals surface area contributed by atoms with Crippen LogP contribution in [0.15, 0.2) is 95.1 Å². The van der Waals surface area contributed by atoms with Crippen molar-refractivity contribution in [2.75, 3.05) is 12.4 Å². The van der Waals surface area contributed by atoms with Gasteiger partial charge in [-0.05, 0) is 55.2 Å². The Morgan fingerprint density at radius 2 is 1.78 bits per heavy atom. The number of ketones is 1. The molecule has 0 aromatic heterocycles. The molecule has 5 rings (SSSR count). The summed E-state index contributed by atoms with van der Waals surface area (Å²) in [5.74, 6) is 0.00780. The lowest BCUT2D eigenvalue weighted by molar-refractivity contribution is -0.119. The van der Waals surface area contributed by atoms with Crippen LogP contribution in [-0.2, 0) is 16.2 Å². The van der Waals surface area contributed by atoms with Gasteiger partial charge in [-0.25, -0.2) is 0 Å². The minimum absolute atomic E-state index is 0.0631. The molecule has 3 aromatic rings. The Morgan fingerprint density at radius 1 is 1.00 bits per heavy atom. The van der Waals surface area contributed by atoms with E-state index in [1.165, 1.54) is 0 Å². The van der Waals surface area contributed by atoms with E-state index in [1.54, 1.807) is 19.2 Å². The standard InChI is InChI=1S/C31H30N2O4/c1-20-28(31(35)33-24-14-6-7-17-27(24)36-2)29(30-25(32-20)15-9-16-26(30)34)22-12-8-13-23(18-22)37-19-21-10-4-3-5-11-21/h3-8,10-14,17-18,28-29H,9,15-16,19H2,1-2H3,(H,33,35)/t28?,29-/m1/s1. The zero-order chi connectivity index (χ0) is 25.8. The molecule has 3 aromatic carbocycles. The summed E-state index contributed by atoms with van der Waals surface area (Å²) in [5.41, 5.74) is 4.66. The van der Waals surface area contributed by atoms with E-state index in [4.69, 9.17) is 14.5 Å². The molecule has 6 heteroatoms. The van der Waals surface area contributed by atoms with E-state index < -0.39 is 11.8 Å². The molecule has 1 unspecified atom stereocenters. The number of Topliss-reactive ketones (excluding diaryl/α,β-unsaturated/α-hetero) is 1. The van der Waals surface area contributed by atoms with Crippen LogP contribution in [0.5, 0.6) is 11.5 Å². The van der Waals surface area contributed by atoms with Crippen molar-refractivity contribution in [3.05, 3.63) is 101 Å². The highest BCUT2D eigenvalue weighted by atomic mass is 16.5. The number of para-hydroxylation sites is 2. The Bertz CT molecular complexity index is 1380. The normalized spacial score (nSPS) is 19.1. The van der Waals surface area contributed by atoms with Gasteiger partial charge in [0.1, 0.15) is 18.1 Å². The number of carbonyl (C=O) groups excluding carboxylic acids is 2. The van der Waals surface area contributed by atoms with Crippen molar-refractivity contribution in [2.24, 2.45) is 10.9 Å². The zero-order valence-corrected chi connectivity index (χ0v) is 21.1. The van der Waals surface area contributed by atoms with E-state index in [0.717, 1.165) is 29.7 Å². The molecule has 0 saturated heterocycles. The van der Waals surface area contributed by atoms with Gasteiger partial charge in [0.25, 0.3) is 0 Å². The van der Waals surface area contributed by atoms with Crippen molar-refractivity contribution in [3.8, 4) is 11.5 Å². The predicted octanol–water partition coefficient (Wildman–Crippen LogP) is 6.09. The van der Waals surface area contributed by atoms with E-state index in [2.05, 4.69) is 5.32 Å². The summed E-state index contributed by atoms with van der Waals surface area (Å²) in [6.45, 7) is 2.30. The zero-order valence-electron chi connectivity index (χ0n) is 21.1. The summed E-state index contributed by atoms with van der Waals surface area (Å²) in [4.78, 5) is 31.8. The fourth-order valence-electron chi connectivity index (χ4n) is 5.20. The highest BCUT2D eigenvalue weighted by Gasteiger charge is 2.42. The molecule has 0 radical (unpaired) electrons. The number of hydrogen-bond donors (Lipinski definition) is 1. The Balaban J connectivity index is 1.50. The van der Waals surface area contributed by atoms with Crippen molar-refractivity contribution < 1.29 is 19.1 Å². The summed E-state index contributed by atoms with van der Waals surface area (Å²) in [7, 11) is 1.57. The van der Waals surface area contributed by atoms with Gasteiger partial charge in [-0.2, -0.15) is 0 Å². The quantitative estimate of drug-likeness (QED) is 0.431. The van der Waals surface area contributed by atoms with Gasteiger partial charge in [0, 0.05) is 29.3 Å². The van der Waals surface area contributed by atoms with E-state index >= 15 is 0 Å². The van der Waals surface area contributed by atoms with Crippen molar-refractivity contribution in [2.45, 2.75) is 38.7 Å². The number of benzene rings is 3. The molecule has 1 heterocycles. The topological polar surface area (TPSA) is 77.0 Å². The minimum Gasteiger partial charge on any atom is -0.495 e. The van der Waals surface area contributed by atoms with Crippen molar-refractivity contribution in [3.63, 3.8) is 0 Å². The number of aliphatic imine (C=N–C) groups is 1. The fourth-order valence-corrected chi connectivity index (χ4v) is 5.20. The first-order chi connectivity index (χ1) is 18.0. The van der Waals surface area contributed by atoms with E-state index in [1.807, 2.05) is 73.7 Å². The van der Waals surface area contributed by atoms with Gasteiger partial charge in [0.15, 0.2) is 5.78 Å². The van der Waals surface area contributed by atoms with Crippen LogP contribution in [0.25, 0.3) is 0 Å². The van der Waals surface area contributed by atoms with Crippen LogP contribution in [0.2, 0.25) is 0 Å². The summed E-state index contributed by atoms with van der Waals surface area (Å²) < 4.78 is 11.5. The molecule has 1 amide bonds. The largest absolute Gasteiger partial charge is 0.495 e. The number of amides is 1. The fraction of sp³-hybridized carbons (Fsp3) is 0.258. The minimum atomic E-state index is -0.643. The lowest BCUT2D eigenvalue weighted by Crippen LogP contribution is -2.39. The molecule has 0 bridgehead atoms. The maximum Gasteiger partial charge on any atom is 0.234 e. The number of nitrogens with zero attached hydrogens (tertiary/aromatic N) is 1. The van der Waals surface area contributed by atoms with Crippen molar-refractivity contribution in [1.82, 2.24) is 0 Å². The smallest absolute Gasteiger partial charge is 0.234 e. The van der Waals surface area contributed by atoms with Gasteiger partial charge in [-0.1, -0.05) is 54.6 Å². The number of nitrogens with one attached hydrogen (secondary N) is 1. The lowest BCUT2D eigenvalue weighted by atomic mass is 9.71. The molecule has 2 aliphatic rings. The molecule has 0 fully saturated rings. The molecular formula is C31H30N2O4. The third-order valence-electron chi connectivity index (χ3n) is 6.95. The molecule has 0 saturated carbocycles. The van der Waals surface area contributed by atoms with Crippen molar-refractivity contribution in [1.29, 1.82) is 0 Å². The average Bonchev–Trinajstić information content (AvgIpc) is 2.92. The number of hydrogen-bond acceptors (Lipinski definition) is 5. The number of carbonyl (C=O) groups is 2. The number of methoxy groups -OCH3 is 1. The first-order valence-electron chi connectivity index (χ1n) is 12.6. The molecular weight excluding hydrogens is 464 g/mol. The lowest BCUT2D eigenvalue weighted by Gasteiger charge is -2.35. The van der Waals surface area contributed by atoms with Gasteiger partial charge in [0.2, 0.25) is 5.91 Å². The van der Waals surface area contributed by atoms with Crippen LogP contribution < -0.4 is 14.8 Å². The summed E-state index contributed by atoms with van der Waals surface area (Å²) in [5, 5.41) is 3.02. The van der Waals surface area contributed by atoms with Crippen LogP contribution in [0.4, 0.5) is 5.69 Å². The number of anilines is 1. The predicted molar refractivity (Wildman–Crippen MR) is 144 cm³/mol. The van der Waals surface area contributed by atoms with E-state index in [-0.39, 0.29) is 11.7 Å². The van der Waals surface area contributed by atoms with Crippen LogP contribution in [-0.4, -0.2) is 24.5 Å². The van der Waals surface area contributed by atoms with Crippen molar-refractivity contribution >= 4 is 23.1 Å². The number of ether oxygens (including phenoxy) is 2. The SMILES string of the molecule is COc1ccccc1NC(=O)C1C(C)=NC2=C(C(=O)CCC2)[C@@H]1c1cccc(OCc2ccccc2)c1. The maximum atomic E-state index is 13.8. The highest BCUT2D eigenvalue weighted by Crippen LogP contribution is 2.44. The second-order valence-corrected chi connectivity index (χ2v) is 9.38. The van der Waals surface area contributed by atoms with Crippen LogP contribution in [0.3, 0.4) is 0 Å². The number of allylic oxidation sites excluding steroid dienone is 2. The second-order valence-electron chi connectivity index (χ2n) is 9.38. The first kappa shape index (κ1) is 24.5. The molecule has 6 nitrogen and oxygen atoms in total. The van der Waals surface area contributed by atoms with Gasteiger partial charge in [-0.3, -0.25) is 14.6 Å². The Kier molecular flexibility index (Phi) is 7.17. The highest BCUT2D eigenvalue weighted by molar-refractivity contribution is 6.13. The molecule has 1 aliphatic carbocycles. The molecule has 37 heavy (non-hydrogen) atoms. The van der Waals surface area contributed by atoms with Crippen LogP contribution in [0.1, 0.15) is 43.2 Å². The second kappa shape index (κ2) is 10.8. The van der Waals surface area contributed by atoms with Crippen LogP contribution in [0, 0.1) is 5.92 Å². The summed E-state index contributed by atoms with van der Waals surface area (Å²) in [6.07, 6.45) is 1.98. The van der Waals surface area contributed by atoms with Gasteiger partial charge in [-0.15, -0.1) is 0 Å². The molecule has 2 atom stereocenters. The summed E-state index contributed by atoms with van der Waals surface area (Å²) >= 11 is 0. The third kappa shape index (κ3) is 5.19. The Labute approximate surface area is 217 Å². The van der Waals surface area contributed by atoms with Crippen LogP contribution >= 0.6 is 0 Å². The van der Waals surface area contributed by atoms with E-state index in [9.17, 15) is 9.59 Å². The van der Waals surface area contributed by atoms with Gasteiger partial charge in [0.05, 0.1) is 18.7 Å². The third-order valence-corrected chi connectivity index (χ3v) is 6.95. The Hall–Kier alpha value is -4.19. The molecule has 188 valence electrons.